The van der Waals surface area contributed by atoms with E-state index in [1.54, 1.807) is 7.11 Å². The van der Waals surface area contributed by atoms with Crippen molar-refractivity contribution in [2.24, 2.45) is 0 Å². The molecule has 0 saturated carbocycles. The topological polar surface area (TPSA) is 30.3 Å². The summed E-state index contributed by atoms with van der Waals surface area (Å²) in [5, 5.41) is 0. The summed E-state index contributed by atoms with van der Waals surface area (Å²) < 4.78 is 7.48. The number of aromatic nitrogens is 2. The molecule has 0 aliphatic carbocycles. The van der Waals surface area contributed by atoms with Crippen LogP contribution in [0.5, 0.6) is 0 Å². The van der Waals surface area contributed by atoms with Gasteiger partial charge in [0.25, 0.3) is 0 Å². The van der Waals surface area contributed by atoms with Crippen molar-refractivity contribution in [3.63, 3.8) is 0 Å². The quantitative estimate of drug-likeness (QED) is 0.745. The summed E-state index contributed by atoms with van der Waals surface area (Å²) in [5.41, 5.74) is 1.45. The van der Waals surface area contributed by atoms with E-state index >= 15 is 0 Å². The lowest BCUT2D eigenvalue weighted by Gasteiger charge is -2.32. The molecular weight excluding hydrogens is 298 g/mol. The maximum atomic E-state index is 5.21. The smallest absolute Gasteiger partial charge is 0.113 e. The maximum absolute atomic E-state index is 5.21. The summed E-state index contributed by atoms with van der Waals surface area (Å²) in [4.78, 5) is 7.25. The molecule has 24 heavy (non-hydrogen) atoms. The number of ether oxygens (including phenoxy) is 1. The molecule has 1 atom stereocenters. The minimum absolute atomic E-state index is 0.558. The first-order valence-electron chi connectivity index (χ1n) is 9.13. The van der Waals surface area contributed by atoms with E-state index in [4.69, 9.17) is 4.74 Å². The second-order valence-corrected chi connectivity index (χ2v) is 6.70. The van der Waals surface area contributed by atoms with Crippen LogP contribution in [0.15, 0.2) is 42.7 Å². The molecule has 2 heterocycles. The van der Waals surface area contributed by atoms with E-state index in [2.05, 4.69) is 51.0 Å². The zero-order valence-corrected chi connectivity index (χ0v) is 14.7. The van der Waals surface area contributed by atoms with E-state index in [1.165, 1.54) is 50.2 Å². The summed E-state index contributed by atoms with van der Waals surface area (Å²) in [6.07, 6.45) is 8.94. The number of hydrogen-bond acceptors (Lipinski definition) is 3. The normalized spacial score (nSPS) is 18.8. The average molecular weight is 327 g/mol. The van der Waals surface area contributed by atoms with Gasteiger partial charge in [-0.15, -0.1) is 0 Å². The van der Waals surface area contributed by atoms with Gasteiger partial charge in [0.05, 0.1) is 6.61 Å². The monoisotopic (exact) mass is 327 g/mol. The predicted molar refractivity (Wildman–Crippen MR) is 97.3 cm³/mol. The fraction of sp³-hybridized carbons (Fsp3) is 0.550. The van der Waals surface area contributed by atoms with Crippen LogP contribution in [-0.4, -0.2) is 47.8 Å². The van der Waals surface area contributed by atoms with Crippen LogP contribution in [0.3, 0.4) is 0 Å². The first-order valence-corrected chi connectivity index (χ1v) is 9.13. The largest absolute Gasteiger partial charge is 0.383 e. The molecule has 0 amide bonds. The van der Waals surface area contributed by atoms with Gasteiger partial charge in [0, 0.05) is 38.5 Å². The lowest BCUT2D eigenvalue weighted by atomic mass is 9.96. The molecule has 0 radical (unpaired) electrons. The van der Waals surface area contributed by atoms with E-state index in [0.29, 0.717) is 5.92 Å². The third kappa shape index (κ3) is 4.68. The Bertz CT molecular complexity index is 596. The summed E-state index contributed by atoms with van der Waals surface area (Å²) in [6, 6.07) is 10.8. The van der Waals surface area contributed by atoms with Gasteiger partial charge in [0.15, 0.2) is 0 Å². The number of nitrogens with zero attached hydrogens (tertiary/aromatic N) is 3. The number of methoxy groups -OCH3 is 1. The molecule has 0 bridgehead atoms. The summed E-state index contributed by atoms with van der Waals surface area (Å²) in [5.74, 6) is 1.79. The van der Waals surface area contributed by atoms with Crippen molar-refractivity contribution in [3.05, 3.63) is 54.1 Å². The molecule has 3 rings (SSSR count). The summed E-state index contributed by atoms with van der Waals surface area (Å²) in [6.45, 7) is 5.19. The number of imidazole rings is 1. The minimum atomic E-state index is 0.558. The SMILES string of the molecule is COCCn1ccnc1C1CCCN(CCCc2ccccc2)C1. The first kappa shape index (κ1) is 17.2. The van der Waals surface area contributed by atoms with Crippen molar-refractivity contribution in [1.29, 1.82) is 0 Å². The van der Waals surface area contributed by atoms with Gasteiger partial charge in [-0.1, -0.05) is 30.3 Å². The molecule has 1 fully saturated rings. The Morgan fingerprint density at radius 2 is 2.08 bits per heavy atom. The van der Waals surface area contributed by atoms with Gasteiger partial charge in [-0.2, -0.15) is 0 Å². The Morgan fingerprint density at radius 3 is 2.92 bits per heavy atom. The molecule has 1 aromatic heterocycles. The average Bonchev–Trinajstić information content (AvgIpc) is 3.10. The highest BCUT2D eigenvalue weighted by Crippen LogP contribution is 2.26. The van der Waals surface area contributed by atoms with Crippen LogP contribution in [0.1, 0.15) is 36.6 Å². The zero-order chi connectivity index (χ0) is 16.6. The lowest BCUT2D eigenvalue weighted by molar-refractivity contribution is 0.179. The molecule has 1 aliphatic rings. The standard InChI is InChI=1S/C20H29N3O/c1-24-16-15-23-14-11-21-20(23)19-10-6-13-22(17-19)12-5-9-18-7-3-2-4-8-18/h2-4,7-8,11,14,19H,5-6,9-10,12-13,15-17H2,1H3. The Hall–Kier alpha value is -1.65. The maximum Gasteiger partial charge on any atom is 0.113 e. The molecule has 0 N–H and O–H groups in total. The van der Waals surface area contributed by atoms with Crippen molar-refractivity contribution in [2.45, 2.75) is 38.1 Å². The number of likely N-dealkylation sites (tertiary alicyclic amines) is 1. The van der Waals surface area contributed by atoms with Crippen molar-refractivity contribution in [3.8, 4) is 0 Å². The molecular formula is C20H29N3O. The Kier molecular flexibility index (Phi) is 6.44. The fourth-order valence-corrected chi connectivity index (χ4v) is 3.68. The van der Waals surface area contributed by atoms with E-state index in [9.17, 15) is 0 Å². The van der Waals surface area contributed by atoms with E-state index in [0.717, 1.165) is 19.7 Å². The second-order valence-electron chi connectivity index (χ2n) is 6.70. The second kappa shape index (κ2) is 9.00. The number of piperidine rings is 1. The van der Waals surface area contributed by atoms with Crippen molar-refractivity contribution < 1.29 is 4.74 Å². The van der Waals surface area contributed by atoms with Crippen LogP contribution < -0.4 is 0 Å². The Labute approximate surface area is 145 Å². The highest BCUT2D eigenvalue weighted by Gasteiger charge is 2.24. The Balaban J connectivity index is 1.50. The molecule has 1 aromatic carbocycles. The van der Waals surface area contributed by atoms with E-state index < -0.39 is 0 Å². The van der Waals surface area contributed by atoms with Gasteiger partial charge in [0.1, 0.15) is 5.82 Å². The molecule has 130 valence electrons. The first-order chi connectivity index (χ1) is 11.9. The highest BCUT2D eigenvalue weighted by atomic mass is 16.5. The number of hydrogen-bond donors (Lipinski definition) is 0. The summed E-state index contributed by atoms with van der Waals surface area (Å²) in [7, 11) is 1.76. The summed E-state index contributed by atoms with van der Waals surface area (Å²) >= 11 is 0. The molecule has 4 heteroatoms. The fourth-order valence-electron chi connectivity index (χ4n) is 3.68. The van der Waals surface area contributed by atoms with E-state index in [-0.39, 0.29) is 0 Å². The van der Waals surface area contributed by atoms with Crippen LogP contribution in [0.2, 0.25) is 0 Å². The molecule has 1 aliphatic heterocycles. The molecule has 1 unspecified atom stereocenters. The van der Waals surface area contributed by atoms with Crippen molar-refractivity contribution in [2.75, 3.05) is 33.4 Å². The van der Waals surface area contributed by atoms with Crippen LogP contribution >= 0.6 is 0 Å². The van der Waals surface area contributed by atoms with Crippen LogP contribution in [0.4, 0.5) is 0 Å². The van der Waals surface area contributed by atoms with Gasteiger partial charge < -0.3 is 14.2 Å². The number of rotatable bonds is 8. The number of benzene rings is 1. The third-order valence-electron chi connectivity index (χ3n) is 4.94. The Morgan fingerprint density at radius 1 is 1.21 bits per heavy atom. The van der Waals surface area contributed by atoms with E-state index in [1.807, 2.05) is 6.20 Å². The van der Waals surface area contributed by atoms with Gasteiger partial charge in [-0.3, -0.25) is 0 Å². The van der Waals surface area contributed by atoms with Crippen LogP contribution in [0.25, 0.3) is 0 Å². The number of aryl methyl sites for hydroxylation is 1. The zero-order valence-electron chi connectivity index (χ0n) is 14.7. The highest BCUT2D eigenvalue weighted by molar-refractivity contribution is 5.14. The van der Waals surface area contributed by atoms with Crippen molar-refractivity contribution in [1.82, 2.24) is 14.5 Å². The van der Waals surface area contributed by atoms with Crippen LogP contribution in [-0.2, 0) is 17.7 Å². The van der Waals surface area contributed by atoms with Gasteiger partial charge in [-0.05, 0) is 44.3 Å². The predicted octanol–water partition coefficient (Wildman–Crippen LogP) is 3.34. The van der Waals surface area contributed by atoms with Gasteiger partial charge >= 0.3 is 0 Å². The van der Waals surface area contributed by atoms with Gasteiger partial charge in [0.2, 0.25) is 0 Å². The molecule has 2 aromatic rings. The minimum Gasteiger partial charge on any atom is -0.383 e. The van der Waals surface area contributed by atoms with Crippen molar-refractivity contribution >= 4 is 0 Å². The molecule has 4 nitrogen and oxygen atoms in total. The molecule has 1 saturated heterocycles. The third-order valence-corrected chi connectivity index (χ3v) is 4.94. The molecule has 0 spiro atoms. The van der Waals surface area contributed by atoms with Crippen LogP contribution in [0, 0.1) is 0 Å². The van der Waals surface area contributed by atoms with Gasteiger partial charge in [-0.25, -0.2) is 4.98 Å². The lowest BCUT2D eigenvalue weighted by Crippen LogP contribution is -2.36.